The lowest BCUT2D eigenvalue weighted by molar-refractivity contribution is -0.167. The van der Waals surface area contributed by atoms with Crippen LogP contribution >= 0.6 is 0 Å². The molecule has 0 unspecified atom stereocenters. The van der Waals surface area contributed by atoms with Crippen molar-refractivity contribution in [2.24, 2.45) is 11.8 Å². The Morgan fingerprint density at radius 1 is 0.306 bits per heavy atom. The Hall–Kier alpha value is -1.59. The maximum Gasteiger partial charge on any atom is 0.306 e. The number of carbonyl (C=O) groups excluding carboxylic acids is 3. The van der Waals surface area contributed by atoms with E-state index in [1.54, 1.807) is 0 Å². The van der Waals surface area contributed by atoms with Crippen molar-refractivity contribution in [3.05, 3.63) is 0 Å². The summed E-state index contributed by atoms with van der Waals surface area (Å²) in [5.41, 5.74) is 0. The highest BCUT2D eigenvalue weighted by Crippen LogP contribution is 2.18. The molecule has 0 amide bonds. The van der Waals surface area contributed by atoms with Gasteiger partial charge in [-0.15, -0.1) is 0 Å². The summed E-state index contributed by atoms with van der Waals surface area (Å²) in [6.07, 6.45) is 50.9. The van der Waals surface area contributed by atoms with E-state index in [0.29, 0.717) is 19.3 Å². The van der Waals surface area contributed by atoms with Crippen LogP contribution in [0.15, 0.2) is 0 Å². The molecule has 0 bridgehead atoms. The van der Waals surface area contributed by atoms with E-state index < -0.39 is 6.10 Å². The van der Waals surface area contributed by atoms with E-state index in [2.05, 4.69) is 34.6 Å². The fourth-order valence-corrected chi connectivity index (χ4v) is 8.52. The number of carbonyl (C=O) groups is 3. The van der Waals surface area contributed by atoms with Crippen LogP contribution in [0.3, 0.4) is 0 Å². The van der Waals surface area contributed by atoms with Gasteiger partial charge in [-0.25, -0.2) is 0 Å². The molecule has 0 aromatic rings. The molecule has 0 radical (unpaired) electrons. The number of unbranched alkanes of at least 4 members (excludes halogenated alkanes) is 35. The van der Waals surface area contributed by atoms with Crippen LogP contribution in [0, 0.1) is 11.8 Å². The predicted molar refractivity (Wildman–Crippen MR) is 266 cm³/mol. The normalized spacial score (nSPS) is 12.0. The van der Waals surface area contributed by atoms with Crippen LogP contribution in [0.2, 0.25) is 0 Å². The maximum absolute atomic E-state index is 12.8. The number of hydrogen-bond acceptors (Lipinski definition) is 6. The number of hydrogen-bond donors (Lipinski definition) is 0. The van der Waals surface area contributed by atoms with Gasteiger partial charge in [-0.2, -0.15) is 0 Å². The molecular formula is C56H108O6. The first kappa shape index (κ1) is 60.4. The Morgan fingerprint density at radius 2 is 0.532 bits per heavy atom. The van der Waals surface area contributed by atoms with Crippen LogP contribution in [0.25, 0.3) is 0 Å². The minimum atomic E-state index is -0.762. The van der Waals surface area contributed by atoms with Crippen molar-refractivity contribution in [1.29, 1.82) is 0 Å². The van der Waals surface area contributed by atoms with E-state index in [1.807, 2.05) is 0 Å². The Kier molecular flexibility index (Phi) is 47.6. The second-order valence-electron chi connectivity index (χ2n) is 20.2. The fourth-order valence-electron chi connectivity index (χ4n) is 8.52. The summed E-state index contributed by atoms with van der Waals surface area (Å²) in [5, 5.41) is 0. The fraction of sp³-hybridized carbons (Fsp3) is 0.946. The SMILES string of the molecule is CCCCCCCCCCCCCC(=O)OC[C@H](COC(=O)CCCCCCCCCCCCCCCCC(C)C)OC(=O)CCCCCCCCCCCCCCCC(C)C. The first-order valence-corrected chi connectivity index (χ1v) is 27.7. The summed E-state index contributed by atoms with van der Waals surface area (Å²) >= 11 is 0. The number of esters is 3. The van der Waals surface area contributed by atoms with Gasteiger partial charge in [-0.05, 0) is 31.1 Å². The van der Waals surface area contributed by atoms with Gasteiger partial charge in [0.2, 0.25) is 0 Å². The summed E-state index contributed by atoms with van der Waals surface area (Å²) < 4.78 is 16.8. The molecule has 0 aliphatic heterocycles. The third-order valence-electron chi connectivity index (χ3n) is 12.7. The zero-order valence-corrected chi connectivity index (χ0v) is 42.5. The number of ether oxygens (including phenoxy) is 3. The smallest absolute Gasteiger partial charge is 0.306 e. The van der Waals surface area contributed by atoms with Crippen LogP contribution in [-0.2, 0) is 28.6 Å². The lowest BCUT2D eigenvalue weighted by Gasteiger charge is -2.18. The maximum atomic E-state index is 12.8. The standard InChI is InChI=1S/C56H108O6/c1-6-7-8-9-10-11-19-26-31-36-41-46-54(57)60-49-53(62-56(59)48-43-38-33-28-23-18-14-16-21-25-30-35-40-45-52(4)5)50-61-55(58)47-42-37-32-27-22-17-13-12-15-20-24-29-34-39-44-51(2)3/h51-53H,6-50H2,1-5H3/t53-/m1/s1. The molecule has 0 fully saturated rings. The first-order chi connectivity index (χ1) is 30.2. The van der Waals surface area contributed by atoms with Gasteiger partial charge in [-0.1, -0.05) is 272 Å². The molecule has 62 heavy (non-hydrogen) atoms. The minimum absolute atomic E-state index is 0.0629. The first-order valence-electron chi connectivity index (χ1n) is 27.7. The quantitative estimate of drug-likeness (QED) is 0.0344. The molecule has 0 aromatic heterocycles. The lowest BCUT2D eigenvalue weighted by atomic mass is 10.0. The van der Waals surface area contributed by atoms with Gasteiger partial charge in [0.1, 0.15) is 13.2 Å². The lowest BCUT2D eigenvalue weighted by Crippen LogP contribution is -2.30. The summed E-state index contributed by atoms with van der Waals surface area (Å²) in [7, 11) is 0. The van der Waals surface area contributed by atoms with Crippen LogP contribution in [0.4, 0.5) is 0 Å². The second-order valence-corrected chi connectivity index (χ2v) is 20.2. The summed E-state index contributed by atoms with van der Waals surface area (Å²) in [5.74, 6) is 0.840. The molecular weight excluding hydrogens is 769 g/mol. The van der Waals surface area contributed by atoms with Gasteiger partial charge in [-0.3, -0.25) is 14.4 Å². The van der Waals surface area contributed by atoms with Crippen molar-refractivity contribution in [2.75, 3.05) is 13.2 Å². The topological polar surface area (TPSA) is 78.9 Å². The molecule has 6 heteroatoms. The molecule has 0 N–H and O–H groups in total. The van der Waals surface area contributed by atoms with Gasteiger partial charge in [0.15, 0.2) is 6.10 Å². The minimum Gasteiger partial charge on any atom is -0.462 e. The van der Waals surface area contributed by atoms with Gasteiger partial charge >= 0.3 is 17.9 Å². The monoisotopic (exact) mass is 877 g/mol. The van der Waals surface area contributed by atoms with Crippen molar-refractivity contribution in [3.63, 3.8) is 0 Å². The van der Waals surface area contributed by atoms with Crippen molar-refractivity contribution in [2.45, 2.75) is 317 Å². The Morgan fingerprint density at radius 3 is 0.790 bits per heavy atom. The van der Waals surface area contributed by atoms with E-state index in [0.717, 1.165) is 69.6 Å². The molecule has 1 atom stereocenters. The van der Waals surface area contributed by atoms with Crippen LogP contribution in [0.1, 0.15) is 311 Å². The summed E-state index contributed by atoms with van der Waals surface area (Å²) in [4.78, 5) is 38.0. The van der Waals surface area contributed by atoms with Gasteiger partial charge in [0.05, 0.1) is 0 Å². The van der Waals surface area contributed by atoms with Crippen molar-refractivity contribution in [1.82, 2.24) is 0 Å². The van der Waals surface area contributed by atoms with Crippen molar-refractivity contribution >= 4 is 17.9 Å². The molecule has 0 aliphatic carbocycles. The van der Waals surface area contributed by atoms with Gasteiger partial charge in [0.25, 0.3) is 0 Å². The predicted octanol–water partition coefficient (Wildman–Crippen LogP) is 18.1. The molecule has 0 aromatic carbocycles. The van der Waals surface area contributed by atoms with E-state index in [1.165, 1.54) is 199 Å². The van der Waals surface area contributed by atoms with E-state index in [9.17, 15) is 14.4 Å². The van der Waals surface area contributed by atoms with Crippen LogP contribution in [0.5, 0.6) is 0 Å². The second kappa shape index (κ2) is 48.9. The molecule has 368 valence electrons. The molecule has 0 spiro atoms. The third kappa shape index (κ3) is 49.4. The van der Waals surface area contributed by atoms with Crippen molar-refractivity contribution in [3.8, 4) is 0 Å². The van der Waals surface area contributed by atoms with Gasteiger partial charge in [0, 0.05) is 19.3 Å². The molecule has 0 saturated carbocycles. The Balaban J connectivity index is 4.28. The van der Waals surface area contributed by atoms with Crippen LogP contribution < -0.4 is 0 Å². The third-order valence-corrected chi connectivity index (χ3v) is 12.7. The van der Waals surface area contributed by atoms with E-state index in [4.69, 9.17) is 14.2 Å². The number of rotatable bonds is 50. The summed E-state index contributed by atoms with van der Waals surface area (Å²) in [6.45, 7) is 11.4. The Labute approximate surface area is 387 Å². The van der Waals surface area contributed by atoms with Crippen LogP contribution in [-0.4, -0.2) is 37.2 Å². The average molecular weight is 877 g/mol. The highest BCUT2D eigenvalue weighted by atomic mass is 16.6. The highest BCUT2D eigenvalue weighted by molar-refractivity contribution is 5.71. The summed E-state index contributed by atoms with van der Waals surface area (Å²) in [6, 6.07) is 0. The highest BCUT2D eigenvalue weighted by Gasteiger charge is 2.19. The molecule has 0 rings (SSSR count). The molecule has 0 aliphatic rings. The van der Waals surface area contributed by atoms with E-state index in [-0.39, 0.29) is 31.1 Å². The average Bonchev–Trinajstić information content (AvgIpc) is 3.24. The largest absolute Gasteiger partial charge is 0.462 e. The van der Waals surface area contributed by atoms with Gasteiger partial charge < -0.3 is 14.2 Å². The zero-order valence-electron chi connectivity index (χ0n) is 42.5. The zero-order chi connectivity index (χ0) is 45.4. The Bertz CT molecular complexity index is 947. The van der Waals surface area contributed by atoms with Crippen molar-refractivity contribution < 1.29 is 28.6 Å². The molecule has 0 saturated heterocycles. The van der Waals surface area contributed by atoms with E-state index >= 15 is 0 Å². The molecule has 0 heterocycles. The molecule has 6 nitrogen and oxygen atoms in total.